The molecule has 0 saturated carbocycles. The van der Waals surface area contributed by atoms with Crippen LogP contribution in [0.2, 0.25) is 5.02 Å². The number of carbonyl (C=O) groups excluding carboxylic acids is 1. The van der Waals surface area contributed by atoms with Crippen LogP contribution in [-0.2, 0) is 6.61 Å². The molecule has 0 bridgehead atoms. The van der Waals surface area contributed by atoms with Crippen LogP contribution in [0.1, 0.15) is 32.6 Å². The van der Waals surface area contributed by atoms with Gasteiger partial charge in [0.2, 0.25) is 0 Å². The molecule has 0 aromatic heterocycles. The van der Waals surface area contributed by atoms with Crippen LogP contribution in [0.25, 0.3) is 0 Å². The molecule has 4 aromatic rings. The first-order valence-electron chi connectivity index (χ1n) is 11.5. The first-order chi connectivity index (χ1) is 17.7. The number of hydrogen-bond donors (Lipinski definition) is 1. The lowest BCUT2D eigenvalue weighted by Crippen LogP contribution is -2.12. The highest BCUT2D eigenvalue weighted by Gasteiger charge is 2.15. The van der Waals surface area contributed by atoms with Gasteiger partial charge in [-0.1, -0.05) is 41.9 Å². The highest BCUT2D eigenvalue weighted by molar-refractivity contribution is 6.32. The molecule has 4 aromatic carbocycles. The minimum absolute atomic E-state index is 0.193. The van der Waals surface area contributed by atoms with E-state index in [4.69, 9.17) is 21.1 Å². The predicted molar refractivity (Wildman–Crippen MR) is 144 cm³/mol. The quantitative estimate of drug-likeness (QED) is 0.190. The largest absolute Gasteiger partial charge is 0.487 e. The van der Waals surface area contributed by atoms with E-state index < -0.39 is 10.8 Å². The number of nitro groups is 1. The molecular weight excluding hydrogens is 492 g/mol. The number of ether oxygens (including phenoxy) is 2. The molecule has 0 saturated heterocycles. The van der Waals surface area contributed by atoms with Gasteiger partial charge in [-0.05, 0) is 73.4 Å². The van der Waals surface area contributed by atoms with E-state index in [9.17, 15) is 14.9 Å². The highest BCUT2D eigenvalue weighted by atomic mass is 35.5. The zero-order chi connectivity index (χ0) is 26.5. The van der Waals surface area contributed by atoms with Gasteiger partial charge in [0, 0.05) is 17.7 Å². The molecular formula is C29H25ClN2O5. The summed E-state index contributed by atoms with van der Waals surface area (Å²) in [6, 6.07) is 22.2. The summed E-state index contributed by atoms with van der Waals surface area (Å²) in [5.74, 6) is 1.02. The van der Waals surface area contributed by atoms with Gasteiger partial charge < -0.3 is 14.8 Å². The van der Waals surface area contributed by atoms with Crippen LogP contribution in [0.15, 0.2) is 78.9 Å². The molecule has 0 aliphatic carbocycles. The first kappa shape index (κ1) is 25.7. The minimum Gasteiger partial charge on any atom is -0.487 e. The van der Waals surface area contributed by atoms with Crippen molar-refractivity contribution in [3.63, 3.8) is 0 Å². The molecule has 7 nitrogen and oxygen atoms in total. The molecule has 0 aliphatic heterocycles. The molecule has 0 fully saturated rings. The number of halogens is 1. The normalized spacial score (nSPS) is 10.6. The maximum atomic E-state index is 12.9. The highest BCUT2D eigenvalue weighted by Crippen LogP contribution is 2.33. The van der Waals surface area contributed by atoms with Gasteiger partial charge in [-0.15, -0.1) is 0 Å². The summed E-state index contributed by atoms with van der Waals surface area (Å²) in [5, 5.41) is 14.8. The summed E-state index contributed by atoms with van der Waals surface area (Å²) in [6.45, 7) is 6.14. The molecule has 0 atom stereocenters. The van der Waals surface area contributed by atoms with Gasteiger partial charge in [-0.25, -0.2) is 0 Å². The Bertz CT molecular complexity index is 1470. The van der Waals surface area contributed by atoms with Gasteiger partial charge in [0.25, 0.3) is 11.6 Å². The number of benzene rings is 4. The third-order valence-corrected chi connectivity index (χ3v) is 6.11. The summed E-state index contributed by atoms with van der Waals surface area (Å²) in [6.07, 6.45) is 0. The fourth-order valence-electron chi connectivity index (χ4n) is 3.73. The van der Waals surface area contributed by atoms with Crippen LogP contribution in [0.5, 0.6) is 17.2 Å². The van der Waals surface area contributed by atoms with Crippen molar-refractivity contribution < 1.29 is 19.2 Å². The Kier molecular flexibility index (Phi) is 7.74. The van der Waals surface area contributed by atoms with Crippen molar-refractivity contribution in [1.82, 2.24) is 0 Å². The second-order valence-electron chi connectivity index (χ2n) is 8.65. The SMILES string of the molecule is Cc1cc(C)c(C)c(Oc2cc(NC(=O)c3ccc(COc4ccccc4Cl)cc3)cc([N+](=O)[O-])c2)c1. The second kappa shape index (κ2) is 11.1. The monoisotopic (exact) mass is 516 g/mol. The molecule has 0 unspecified atom stereocenters. The molecule has 0 aliphatic rings. The Hall–Kier alpha value is -4.36. The fraction of sp³-hybridized carbons (Fsp3) is 0.138. The van der Waals surface area contributed by atoms with E-state index in [1.165, 1.54) is 12.1 Å². The van der Waals surface area contributed by atoms with E-state index in [0.717, 1.165) is 22.3 Å². The summed E-state index contributed by atoms with van der Waals surface area (Å²) in [4.78, 5) is 23.9. The standard InChI is InChI=1S/C29H25ClN2O5/c1-18-12-19(2)20(3)28(13-18)37-25-15-23(14-24(16-25)32(34)35)31-29(33)22-10-8-21(9-11-22)17-36-27-7-5-4-6-26(27)30/h4-16H,17H2,1-3H3,(H,31,33). The van der Waals surface area contributed by atoms with Crippen molar-refractivity contribution in [1.29, 1.82) is 0 Å². The van der Waals surface area contributed by atoms with Crippen molar-refractivity contribution in [3.8, 4) is 17.2 Å². The minimum atomic E-state index is -0.523. The van der Waals surface area contributed by atoms with Crippen molar-refractivity contribution in [3.05, 3.63) is 122 Å². The Morgan fingerprint density at radius 2 is 1.68 bits per heavy atom. The van der Waals surface area contributed by atoms with Crippen molar-refractivity contribution >= 4 is 28.9 Å². The van der Waals surface area contributed by atoms with Gasteiger partial charge in [0.15, 0.2) is 0 Å². The van der Waals surface area contributed by atoms with E-state index >= 15 is 0 Å². The number of rotatable bonds is 8. The number of nitrogens with one attached hydrogen (secondary N) is 1. The van der Waals surface area contributed by atoms with Crippen LogP contribution in [0, 0.1) is 30.9 Å². The van der Waals surface area contributed by atoms with Gasteiger partial charge in [0.1, 0.15) is 23.9 Å². The zero-order valence-corrected chi connectivity index (χ0v) is 21.3. The molecule has 1 N–H and O–H groups in total. The first-order valence-corrected chi connectivity index (χ1v) is 11.9. The third kappa shape index (κ3) is 6.45. The van der Waals surface area contributed by atoms with Crippen molar-refractivity contribution in [2.75, 3.05) is 5.32 Å². The molecule has 37 heavy (non-hydrogen) atoms. The molecule has 0 heterocycles. The van der Waals surface area contributed by atoms with Crippen molar-refractivity contribution in [2.24, 2.45) is 0 Å². The van der Waals surface area contributed by atoms with Crippen molar-refractivity contribution in [2.45, 2.75) is 27.4 Å². The maximum Gasteiger partial charge on any atom is 0.275 e. The number of nitro benzene ring substituents is 1. The number of nitrogens with zero attached hydrogens (tertiary/aromatic N) is 1. The topological polar surface area (TPSA) is 90.7 Å². The van der Waals surface area contributed by atoms with E-state index in [-0.39, 0.29) is 23.7 Å². The number of aryl methyl sites for hydroxylation is 2. The number of amides is 1. The third-order valence-electron chi connectivity index (χ3n) is 5.80. The Morgan fingerprint density at radius 1 is 0.946 bits per heavy atom. The summed E-state index contributed by atoms with van der Waals surface area (Å²) in [5.41, 5.74) is 4.30. The average Bonchev–Trinajstić information content (AvgIpc) is 2.86. The number of hydrogen-bond acceptors (Lipinski definition) is 5. The van der Waals surface area contributed by atoms with Crippen LogP contribution in [-0.4, -0.2) is 10.8 Å². The molecule has 8 heteroatoms. The maximum absolute atomic E-state index is 12.9. The number of non-ortho nitro benzene ring substituents is 1. The van der Waals surface area contributed by atoms with Crippen LogP contribution >= 0.6 is 11.6 Å². The Labute approximate surface area is 219 Å². The predicted octanol–water partition coefficient (Wildman–Crippen LogP) is 7.80. The van der Waals surface area contributed by atoms with E-state index in [0.29, 0.717) is 22.1 Å². The van der Waals surface area contributed by atoms with Gasteiger partial charge in [-0.3, -0.25) is 14.9 Å². The van der Waals surface area contributed by atoms with Gasteiger partial charge >= 0.3 is 0 Å². The molecule has 4 rings (SSSR count). The van der Waals surface area contributed by atoms with E-state index in [1.807, 2.05) is 45.0 Å². The summed E-state index contributed by atoms with van der Waals surface area (Å²) < 4.78 is 11.7. The molecule has 188 valence electrons. The lowest BCUT2D eigenvalue weighted by molar-refractivity contribution is -0.384. The number of para-hydroxylation sites is 1. The van der Waals surface area contributed by atoms with E-state index in [1.54, 1.807) is 42.5 Å². The number of carbonyl (C=O) groups is 1. The lowest BCUT2D eigenvalue weighted by atomic mass is 10.1. The lowest BCUT2D eigenvalue weighted by Gasteiger charge is -2.13. The van der Waals surface area contributed by atoms with Gasteiger partial charge in [-0.2, -0.15) is 0 Å². The Morgan fingerprint density at radius 3 is 2.38 bits per heavy atom. The molecule has 0 radical (unpaired) electrons. The molecule has 0 spiro atoms. The Balaban J connectivity index is 1.49. The summed E-state index contributed by atoms with van der Waals surface area (Å²) >= 11 is 6.11. The molecule has 1 amide bonds. The number of anilines is 1. The second-order valence-corrected chi connectivity index (χ2v) is 9.06. The van der Waals surface area contributed by atoms with Crippen LogP contribution in [0.3, 0.4) is 0 Å². The van der Waals surface area contributed by atoms with Crippen LogP contribution in [0.4, 0.5) is 11.4 Å². The summed E-state index contributed by atoms with van der Waals surface area (Å²) in [7, 11) is 0. The smallest absolute Gasteiger partial charge is 0.275 e. The average molecular weight is 517 g/mol. The zero-order valence-electron chi connectivity index (χ0n) is 20.6. The van der Waals surface area contributed by atoms with E-state index in [2.05, 4.69) is 5.32 Å². The van der Waals surface area contributed by atoms with Gasteiger partial charge in [0.05, 0.1) is 21.7 Å². The van der Waals surface area contributed by atoms with Crippen LogP contribution < -0.4 is 14.8 Å². The fourth-order valence-corrected chi connectivity index (χ4v) is 3.92.